The minimum absolute atomic E-state index is 0.0264. The van der Waals surface area contributed by atoms with Gasteiger partial charge in [0.25, 0.3) is 11.2 Å². The number of nitrogens with one attached hydrogen (secondary N) is 1. The number of rotatable bonds is 7. The van der Waals surface area contributed by atoms with Crippen LogP contribution in [-0.2, 0) is 16.1 Å². The highest BCUT2D eigenvalue weighted by Crippen LogP contribution is 2.18. The monoisotopic (exact) mass is 311 g/mol. The summed E-state index contributed by atoms with van der Waals surface area (Å²) in [7, 11) is 0. The minimum Gasteiger partial charge on any atom is -0.481 e. The van der Waals surface area contributed by atoms with E-state index in [9.17, 15) is 24.5 Å². The van der Waals surface area contributed by atoms with E-state index in [-0.39, 0.29) is 25.2 Å². The fourth-order valence-electron chi connectivity index (χ4n) is 1.77. The van der Waals surface area contributed by atoms with E-state index in [0.29, 0.717) is 0 Å². The van der Waals surface area contributed by atoms with Crippen LogP contribution in [0.25, 0.3) is 0 Å². The number of carbonyl (C=O) groups is 2. The Kier molecular flexibility index (Phi) is 5.39. The molecule has 1 rings (SSSR count). The van der Waals surface area contributed by atoms with Gasteiger partial charge in [0.05, 0.1) is 23.0 Å². The lowest BCUT2D eigenvalue weighted by molar-refractivity contribution is -0.385. The van der Waals surface area contributed by atoms with Gasteiger partial charge in [0, 0.05) is 25.2 Å². The van der Waals surface area contributed by atoms with Crippen LogP contribution in [-0.4, -0.2) is 33.0 Å². The van der Waals surface area contributed by atoms with E-state index in [4.69, 9.17) is 5.11 Å². The lowest BCUT2D eigenvalue weighted by Gasteiger charge is -2.24. The molecule has 0 aliphatic heterocycles. The lowest BCUT2D eigenvalue weighted by atomic mass is 9.92. The van der Waals surface area contributed by atoms with E-state index in [1.807, 2.05) is 0 Å². The second kappa shape index (κ2) is 6.83. The summed E-state index contributed by atoms with van der Waals surface area (Å²) >= 11 is 0. The van der Waals surface area contributed by atoms with Crippen molar-refractivity contribution < 1.29 is 19.6 Å². The van der Waals surface area contributed by atoms with Crippen LogP contribution in [0, 0.1) is 15.5 Å². The molecule has 0 spiro atoms. The quantitative estimate of drug-likeness (QED) is 0.552. The second-order valence-corrected chi connectivity index (χ2v) is 5.39. The first kappa shape index (κ1) is 17.3. The first-order chi connectivity index (χ1) is 10.1. The number of nitrogens with zero attached hydrogens (tertiary/aromatic N) is 2. The number of aliphatic carboxylic acids is 1. The number of carbonyl (C=O) groups excluding carboxylic acids is 1. The largest absolute Gasteiger partial charge is 0.481 e. The number of carboxylic acids is 1. The molecule has 0 aromatic carbocycles. The van der Waals surface area contributed by atoms with Crippen LogP contribution < -0.4 is 10.9 Å². The topological polar surface area (TPSA) is 132 Å². The maximum absolute atomic E-state index is 12.0. The van der Waals surface area contributed by atoms with Gasteiger partial charge in [0.15, 0.2) is 0 Å². The summed E-state index contributed by atoms with van der Waals surface area (Å²) in [6.07, 6.45) is 0.868. The van der Waals surface area contributed by atoms with Gasteiger partial charge >= 0.3 is 5.97 Å². The van der Waals surface area contributed by atoms with Crippen molar-refractivity contribution in [2.24, 2.45) is 5.41 Å². The molecule has 0 saturated heterocycles. The molecule has 0 aliphatic carbocycles. The molecule has 0 unspecified atom stereocenters. The van der Waals surface area contributed by atoms with Crippen molar-refractivity contribution in [3.05, 3.63) is 38.8 Å². The molecule has 2 N–H and O–H groups in total. The summed E-state index contributed by atoms with van der Waals surface area (Å²) < 4.78 is 1.09. The first-order valence-electron chi connectivity index (χ1n) is 6.48. The Morgan fingerprint density at radius 1 is 1.41 bits per heavy atom. The third kappa shape index (κ3) is 4.69. The van der Waals surface area contributed by atoms with E-state index in [2.05, 4.69) is 5.32 Å². The van der Waals surface area contributed by atoms with E-state index in [1.54, 1.807) is 13.8 Å². The van der Waals surface area contributed by atoms with Crippen molar-refractivity contribution in [2.45, 2.75) is 26.8 Å². The first-order valence-corrected chi connectivity index (χ1v) is 6.48. The van der Waals surface area contributed by atoms with Crippen molar-refractivity contribution in [1.29, 1.82) is 0 Å². The number of hydrogen-bond acceptors (Lipinski definition) is 5. The van der Waals surface area contributed by atoms with Gasteiger partial charge in [-0.05, 0) is 13.8 Å². The molecule has 9 nitrogen and oxygen atoms in total. The van der Waals surface area contributed by atoms with Crippen LogP contribution >= 0.6 is 0 Å². The molecule has 1 aromatic rings. The predicted octanol–water partition coefficient (Wildman–Crippen LogP) is 0.374. The van der Waals surface area contributed by atoms with Crippen LogP contribution in [0.4, 0.5) is 5.69 Å². The van der Waals surface area contributed by atoms with Crippen LogP contribution in [0.15, 0.2) is 23.1 Å². The summed E-state index contributed by atoms with van der Waals surface area (Å²) in [5, 5.41) is 21.7. The van der Waals surface area contributed by atoms with E-state index in [0.717, 1.165) is 22.9 Å². The molecule has 0 aliphatic rings. The summed E-state index contributed by atoms with van der Waals surface area (Å²) in [6.45, 7) is 3.04. The van der Waals surface area contributed by atoms with Crippen molar-refractivity contribution in [3.63, 3.8) is 0 Å². The van der Waals surface area contributed by atoms with Crippen molar-refractivity contribution >= 4 is 17.6 Å². The zero-order valence-corrected chi connectivity index (χ0v) is 12.2. The molecular weight excluding hydrogens is 294 g/mol. The standard InChI is InChI=1S/C13H17N3O6/c1-13(2,12(20)14-6-5-11(18)19)8-15-7-9(16(21)22)3-4-10(15)17/h3-4,7H,5-6,8H2,1-2H3,(H,14,20)(H,18,19). The smallest absolute Gasteiger partial charge is 0.305 e. The van der Waals surface area contributed by atoms with Crippen LogP contribution in [0.1, 0.15) is 20.3 Å². The SMILES string of the molecule is CC(C)(Cn1cc([N+](=O)[O-])ccc1=O)C(=O)NCCC(=O)O. The van der Waals surface area contributed by atoms with E-state index in [1.165, 1.54) is 0 Å². The van der Waals surface area contributed by atoms with Gasteiger partial charge in [-0.15, -0.1) is 0 Å². The highest BCUT2D eigenvalue weighted by atomic mass is 16.6. The molecule has 120 valence electrons. The highest BCUT2D eigenvalue weighted by Gasteiger charge is 2.28. The molecule has 0 radical (unpaired) electrons. The number of hydrogen-bond donors (Lipinski definition) is 2. The van der Waals surface area contributed by atoms with Crippen molar-refractivity contribution in [3.8, 4) is 0 Å². The maximum Gasteiger partial charge on any atom is 0.305 e. The molecule has 22 heavy (non-hydrogen) atoms. The van der Waals surface area contributed by atoms with Gasteiger partial charge in [-0.1, -0.05) is 0 Å². The number of amides is 1. The average Bonchev–Trinajstić information content (AvgIpc) is 2.40. The van der Waals surface area contributed by atoms with E-state index < -0.39 is 27.8 Å². The molecular formula is C13H17N3O6. The molecule has 0 atom stereocenters. The van der Waals surface area contributed by atoms with Gasteiger partial charge in [0.1, 0.15) is 0 Å². The van der Waals surface area contributed by atoms with Crippen molar-refractivity contribution in [2.75, 3.05) is 6.54 Å². The maximum atomic E-state index is 12.0. The third-order valence-electron chi connectivity index (χ3n) is 2.98. The Labute approximate surface area is 125 Å². The summed E-state index contributed by atoms with van der Waals surface area (Å²) in [5.41, 5.74) is -1.74. The summed E-state index contributed by atoms with van der Waals surface area (Å²) in [4.78, 5) is 44.3. The average molecular weight is 311 g/mol. The molecule has 0 bridgehead atoms. The minimum atomic E-state index is -1.03. The Hall–Kier alpha value is -2.71. The number of pyridine rings is 1. The van der Waals surface area contributed by atoms with Gasteiger partial charge < -0.3 is 15.0 Å². The van der Waals surface area contributed by atoms with Crippen LogP contribution in [0.2, 0.25) is 0 Å². The fourth-order valence-corrected chi connectivity index (χ4v) is 1.77. The normalized spacial score (nSPS) is 11.0. The molecule has 1 heterocycles. The number of carboxylic acid groups (broad SMARTS) is 1. The number of aromatic nitrogens is 1. The fraction of sp³-hybridized carbons (Fsp3) is 0.462. The Bertz CT molecular complexity index is 649. The zero-order chi connectivity index (χ0) is 16.9. The van der Waals surface area contributed by atoms with Gasteiger partial charge in [-0.2, -0.15) is 0 Å². The second-order valence-electron chi connectivity index (χ2n) is 5.39. The van der Waals surface area contributed by atoms with Gasteiger partial charge in [0.2, 0.25) is 5.91 Å². The molecule has 9 heteroatoms. The molecule has 1 amide bonds. The van der Waals surface area contributed by atoms with Gasteiger partial charge in [-0.25, -0.2) is 0 Å². The number of nitro groups is 1. The highest BCUT2D eigenvalue weighted by molar-refractivity contribution is 5.82. The van der Waals surface area contributed by atoms with Gasteiger partial charge in [-0.3, -0.25) is 24.5 Å². The van der Waals surface area contributed by atoms with E-state index >= 15 is 0 Å². The lowest BCUT2D eigenvalue weighted by Crippen LogP contribution is -2.42. The Morgan fingerprint density at radius 3 is 2.59 bits per heavy atom. The zero-order valence-electron chi connectivity index (χ0n) is 12.2. The summed E-state index contributed by atoms with van der Waals surface area (Å²) in [5.74, 6) is -1.47. The molecule has 0 saturated carbocycles. The van der Waals surface area contributed by atoms with Crippen molar-refractivity contribution in [1.82, 2.24) is 9.88 Å². The van der Waals surface area contributed by atoms with Crippen LogP contribution in [0.3, 0.4) is 0 Å². The Balaban J connectivity index is 2.85. The van der Waals surface area contributed by atoms with Crippen LogP contribution in [0.5, 0.6) is 0 Å². The third-order valence-corrected chi connectivity index (χ3v) is 2.98. The molecule has 1 aromatic heterocycles. The predicted molar refractivity (Wildman–Crippen MR) is 76.4 cm³/mol. The Morgan fingerprint density at radius 2 is 2.05 bits per heavy atom. The summed E-state index contributed by atoms with van der Waals surface area (Å²) in [6, 6.07) is 2.16. The molecule has 0 fully saturated rings.